The standard InChI is InChI=1S/C17H18FN3O2/c1-12-7-8-15(14(18)9-12)21-16(22)11-20-17(23)19-10-13-5-3-2-4-6-13/h2-9H,10-11H2,1H3,(H,21,22)(H2,19,20,23). The number of aryl methyl sites for hydroxylation is 1. The number of carbonyl (C=O) groups excluding carboxylic acids is 2. The number of hydrogen-bond acceptors (Lipinski definition) is 2. The molecule has 2 aromatic carbocycles. The fourth-order valence-corrected chi connectivity index (χ4v) is 1.92. The van der Waals surface area contributed by atoms with Gasteiger partial charge in [0.15, 0.2) is 0 Å². The smallest absolute Gasteiger partial charge is 0.315 e. The van der Waals surface area contributed by atoms with E-state index in [0.29, 0.717) is 6.54 Å². The molecule has 0 unspecified atom stereocenters. The van der Waals surface area contributed by atoms with Crippen molar-refractivity contribution in [3.05, 3.63) is 65.5 Å². The van der Waals surface area contributed by atoms with Crippen LogP contribution in [0.1, 0.15) is 11.1 Å². The van der Waals surface area contributed by atoms with Crippen LogP contribution < -0.4 is 16.0 Å². The number of benzene rings is 2. The summed E-state index contributed by atoms with van der Waals surface area (Å²) in [7, 11) is 0. The van der Waals surface area contributed by atoms with Crippen molar-refractivity contribution in [1.29, 1.82) is 0 Å². The Hall–Kier alpha value is -2.89. The number of amides is 3. The largest absolute Gasteiger partial charge is 0.334 e. The highest BCUT2D eigenvalue weighted by molar-refractivity contribution is 5.94. The van der Waals surface area contributed by atoms with Gasteiger partial charge in [-0.3, -0.25) is 4.79 Å². The first-order valence-corrected chi connectivity index (χ1v) is 7.16. The molecule has 2 rings (SSSR count). The highest BCUT2D eigenvalue weighted by atomic mass is 19.1. The van der Waals surface area contributed by atoms with Crippen LogP contribution in [0.5, 0.6) is 0 Å². The summed E-state index contributed by atoms with van der Waals surface area (Å²) in [5.41, 5.74) is 1.81. The van der Waals surface area contributed by atoms with Crippen LogP contribution in [0.25, 0.3) is 0 Å². The summed E-state index contributed by atoms with van der Waals surface area (Å²) in [5.74, 6) is -1.01. The van der Waals surface area contributed by atoms with Gasteiger partial charge in [-0.2, -0.15) is 0 Å². The molecule has 0 fully saturated rings. The molecule has 6 heteroatoms. The van der Waals surface area contributed by atoms with E-state index in [2.05, 4.69) is 16.0 Å². The summed E-state index contributed by atoms with van der Waals surface area (Å²) in [5, 5.41) is 7.46. The van der Waals surface area contributed by atoms with Crippen molar-refractivity contribution in [2.75, 3.05) is 11.9 Å². The van der Waals surface area contributed by atoms with Crippen LogP contribution in [0.2, 0.25) is 0 Å². The molecule has 0 aromatic heterocycles. The predicted octanol–water partition coefficient (Wildman–Crippen LogP) is 2.57. The first-order valence-electron chi connectivity index (χ1n) is 7.16. The molecule has 2 aromatic rings. The van der Waals surface area contributed by atoms with Crippen molar-refractivity contribution in [2.45, 2.75) is 13.5 Å². The Morgan fingerprint density at radius 1 is 1.04 bits per heavy atom. The molecule has 3 N–H and O–H groups in total. The summed E-state index contributed by atoms with van der Waals surface area (Å²) < 4.78 is 13.6. The summed E-state index contributed by atoms with van der Waals surface area (Å²) in [6.45, 7) is 1.88. The van der Waals surface area contributed by atoms with Gasteiger partial charge in [0.05, 0.1) is 12.2 Å². The first-order chi connectivity index (χ1) is 11.0. The van der Waals surface area contributed by atoms with Crippen LogP contribution in [0.15, 0.2) is 48.5 Å². The lowest BCUT2D eigenvalue weighted by atomic mass is 10.2. The third kappa shape index (κ3) is 5.43. The van der Waals surface area contributed by atoms with E-state index in [4.69, 9.17) is 0 Å². The summed E-state index contributed by atoms with van der Waals surface area (Å²) in [4.78, 5) is 23.3. The molecule has 0 heterocycles. The van der Waals surface area contributed by atoms with Gasteiger partial charge < -0.3 is 16.0 Å². The highest BCUT2D eigenvalue weighted by Crippen LogP contribution is 2.14. The van der Waals surface area contributed by atoms with Gasteiger partial charge >= 0.3 is 6.03 Å². The summed E-state index contributed by atoms with van der Waals surface area (Å²) >= 11 is 0. The van der Waals surface area contributed by atoms with Crippen LogP contribution in [0.3, 0.4) is 0 Å². The van der Waals surface area contributed by atoms with Gasteiger partial charge in [-0.15, -0.1) is 0 Å². The molecule has 0 aliphatic rings. The first kappa shape index (κ1) is 16.5. The van der Waals surface area contributed by atoms with Crippen LogP contribution in [0, 0.1) is 12.7 Å². The molecule has 0 saturated carbocycles. The number of anilines is 1. The van der Waals surface area contributed by atoms with Gasteiger partial charge in [-0.25, -0.2) is 9.18 Å². The normalized spacial score (nSPS) is 10.0. The monoisotopic (exact) mass is 315 g/mol. The SMILES string of the molecule is Cc1ccc(NC(=O)CNC(=O)NCc2ccccc2)c(F)c1. The zero-order valence-corrected chi connectivity index (χ0v) is 12.7. The predicted molar refractivity (Wildman–Crippen MR) is 86.4 cm³/mol. The molecule has 0 aliphatic carbocycles. The lowest BCUT2D eigenvalue weighted by Gasteiger charge is -2.09. The van der Waals surface area contributed by atoms with Crippen LogP contribution >= 0.6 is 0 Å². The number of nitrogens with one attached hydrogen (secondary N) is 3. The third-order valence-electron chi connectivity index (χ3n) is 3.10. The van der Waals surface area contributed by atoms with E-state index in [1.54, 1.807) is 13.0 Å². The fraction of sp³-hybridized carbons (Fsp3) is 0.176. The van der Waals surface area contributed by atoms with E-state index in [1.165, 1.54) is 12.1 Å². The third-order valence-corrected chi connectivity index (χ3v) is 3.10. The topological polar surface area (TPSA) is 70.2 Å². The molecule has 120 valence electrons. The zero-order chi connectivity index (χ0) is 16.7. The molecule has 0 saturated heterocycles. The maximum absolute atomic E-state index is 13.6. The van der Waals surface area contributed by atoms with E-state index in [1.807, 2.05) is 30.3 Å². The Morgan fingerprint density at radius 3 is 2.48 bits per heavy atom. The van der Waals surface area contributed by atoms with Crippen molar-refractivity contribution in [3.8, 4) is 0 Å². The maximum atomic E-state index is 13.6. The van der Waals surface area contributed by atoms with Crippen molar-refractivity contribution < 1.29 is 14.0 Å². The Bertz CT molecular complexity index is 689. The van der Waals surface area contributed by atoms with E-state index in [0.717, 1.165) is 11.1 Å². The molecular formula is C17H18FN3O2. The second-order valence-corrected chi connectivity index (χ2v) is 5.05. The number of rotatable bonds is 5. The van der Waals surface area contributed by atoms with Gasteiger partial charge in [0.1, 0.15) is 5.82 Å². The lowest BCUT2D eigenvalue weighted by molar-refractivity contribution is -0.115. The van der Waals surface area contributed by atoms with Crippen LogP contribution in [-0.4, -0.2) is 18.5 Å². The Morgan fingerprint density at radius 2 is 1.78 bits per heavy atom. The van der Waals surface area contributed by atoms with E-state index in [9.17, 15) is 14.0 Å². The number of halogens is 1. The molecule has 5 nitrogen and oxygen atoms in total. The van der Waals surface area contributed by atoms with Gasteiger partial charge in [-0.1, -0.05) is 36.4 Å². The minimum Gasteiger partial charge on any atom is -0.334 e. The van der Waals surface area contributed by atoms with Crippen LogP contribution in [0.4, 0.5) is 14.9 Å². The molecule has 0 radical (unpaired) electrons. The lowest BCUT2D eigenvalue weighted by Crippen LogP contribution is -2.39. The summed E-state index contributed by atoms with van der Waals surface area (Å²) in [6, 6.07) is 13.4. The van der Waals surface area contributed by atoms with Crippen molar-refractivity contribution in [3.63, 3.8) is 0 Å². The Labute approximate surface area is 133 Å². The average molecular weight is 315 g/mol. The van der Waals surface area contributed by atoms with Crippen LogP contribution in [-0.2, 0) is 11.3 Å². The second-order valence-electron chi connectivity index (χ2n) is 5.05. The van der Waals surface area contributed by atoms with Crippen molar-refractivity contribution in [1.82, 2.24) is 10.6 Å². The zero-order valence-electron chi connectivity index (χ0n) is 12.7. The molecule has 0 aliphatic heterocycles. The van der Waals surface area contributed by atoms with E-state index < -0.39 is 17.8 Å². The molecule has 0 spiro atoms. The quantitative estimate of drug-likeness (QED) is 0.793. The Kier molecular flexibility index (Phi) is 5.68. The van der Waals surface area contributed by atoms with Gasteiger partial charge in [-0.05, 0) is 30.2 Å². The highest BCUT2D eigenvalue weighted by Gasteiger charge is 2.08. The molecule has 0 bridgehead atoms. The molecule has 0 atom stereocenters. The van der Waals surface area contributed by atoms with Crippen molar-refractivity contribution in [2.24, 2.45) is 0 Å². The fourth-order valence-electron chi connectivity index (χ4n) is 1.92. The molecular weight excluding hydrogens is 297 g/mol. The van der Waals surface area contributed by atoms with Gasteiger partial charge in [0, 0.05) is 6.54 Å². The number of urea groups is 1. The maximum Gasteiger partial charge on any atom is 0.315 e. The summed E-state index contributed by atoms with van der Waals surface area (Å²) in [6.07, 6.45) is 0. The number of carbonyl (C=O) groups is 2. The number of hydrogen-bond donors (Lipinski definition) is 3. The minimum atomic E-state index is -0.508. The molecule has 23 heavy (non-hydrogen) atoms. The van der Waals surface area contributed by atoms with E-state index in [-0.39, 0.29) is 12.2 Å². The average Bonchev–Trinajstić information content (AvgIpc) is 2.54. The minimum absolute atomic E-state index is 0.0899. The molecule has 3 amide bonds. The second kappa shape index (κ2) is 7.93. The van der Waals surface area contributed by atoms with Gasteiger partial charge in [0.25, 0.3) is 0 Å². The Balaban J connectivity index is 1.74. The van der Waals surface area contributed by atoms with E-state index >= 15 is 0 Å². The van der Waals surface area contributed by atoms with Gasteiger partial charge in [0.2, 0.25) is 5.91 Å². The van der Waals surface area contributed by atoms with Crippen molar-refractivity contribution >= 4 is 17.6 Å².